The van der Waals surface area contributed by atoms with Gasteiger partial charge in [-0.25, -0.2) is 0 Å². The Morgan fingerprint density at radius 3 is 2.79 bits per heavy atom. The minimum atomic E-state index is 0.782. The number of piperidine rings is 1. The van der Waals surface area contributed by atoms with E-state index in [0.29, 0.717) is 0 Å². The molecule has 19 heavy (non-hydrogen) atoms. The van der Waals surface area contributed by atoms with Gasteiger partial charge in [0.1, 0.15) is 0 Å². The average Bonchev–Trinajstić information content (AvgIpc) is 2.87. The molecule has 2 saturated heterocycles. The maximum Gasteiger partial charge on any atom is 0.0224 e. The van der Waals surface area contributed by atoms with Gasteiger partial charge in [0.15, 0.2) is 0 Å². The zero-order valence-electron chi connectivity index (χ0n) is 12.7. The molecular formula is C16H30N2S. The van der Waals surface area contributed by atoms with Gasteiger partial charge in [-0.05, 0) is 51.3 Å². The topological polar surface area (TPSA) is 6.48 Å². The number of nitrogens with zero attached hydrogens (tertiary/aromatic N) is 2. The van der Waals surface area contributed by atoms with Crippen molar-refractivity contribution in [2.24, 2.45) is 0 Å². The predicted molar refractivity (Wildman–Crippen MR) is 84.9 cm³/mol. The summed E-state index contributed by atoms with van der Waals surface area (Å²) in [5.74, 6) is 1.29. The van der Waals surface area contributed by atoms with Crippen LogP contribution in [0, 0.1) is 0 Å². The van der Waals surface area contributed by atoms with Crippen LogP contribution in [0.5, 0.6) is 0 Å². The van der Waals surface area contributed by atoms with Crippen molar-refractivity contribution in [1.29, 1.82) is 0 Å². The van der Waals surface area contributed by atoms with Crippen LogP contribution < -0.4 is 0 Å². The molecule has 3 heteroatoms. The predicted octanol–water partition coefficient (Wildman–Crippen LogP) is 3.22. The van der Waals surface area contributed by atoms with Gasteiger partial charge in [0.05, 0.1) is 0 Å². The van der Waals surface area contributed by atoms with Gasteiger partial charge in [-0.1, -0.05) is 13.3 Å². The minimum absolute atomic E-state index is 0.782. The molecule has 1 saturated carbocycles. The molecule has 0 amide bonds. The molecule has 1 aliphatic carbocycles. The lowest BCUT2D eigenvalue weighted by atomic mass is 9.95. The van der Waals surface area contributed by atoms with Gasteiger partial charge in [0.25, 0.3) is 0 Å². The van der Waals surface area contributed by atoms with E-state index in [1.165, 1.54) is 63.9 Å². The molecule has 2 heterocycles. The highest BCUT2D eigenvalue weighted by molar-refractivity contribution is 7.99. The largest absolute Gasteiger partial charge is 0.298 e. The monoisotopic (exact) mass is 282 g/mol. The molecular weight excluding hydrogens is 252 g/mol. The van der Waals surface area contributed by atoms with Crippen LogP contribution in [0.2, 0.25) is 0 Å². The van der Waals surface area contributed by atoms with Gasteiger partial charge in [-0.3, -0.25) is 9.80 Å². The molecule has 110 valence electrons. The summed E-state index contributed by atoms with van der Waals surface area (Å²) in [7, 11) is 0. The molecule has 3 rings (SSSR count). The summed E-state index contributed by atoms with van der Waals surface area (Å²) in [4.78, 5) is 5.65. The lowest BCUT2D eigenvalue weighted by molar-refractivity contribution is -0.00624. The Balaban J connectivity index is 1.58. The molecule has 4 unspecified atom stereocenters. The molecule has 0 bridgehead atoms. The summed E-state index contributed by atoms with van der Waals surface area (Å²) in [5.41, 5.74) is 0. The molecule has 4 atom stereocenters. The van der Waals surface area contributed by atoms with E-state index in [9.17, 15) is 0 Å². The normalized spacial score (nSPS) is 41.4. The first-order chi connectivity index (χ1) is 9.28. The highest BCUT2D eigenvalue weighted by atomic mass is 32.2. The Hall–Kier alpha value is 0.270. The van der Waals surface area contributed by atoms with Crippen LogP contribution in [0.3, 0.4) is 0 Å². The third-order valence-corrected chi connectivity index (χ3v) is 6.70. The molecule has 2 aliphatic heterocycles. The molecule has 0 aromatic heterocycles. The van der Waals surface area contributed by atoms with Crippen molar-refractivity contribution in [3.05, 3.63) is 0 Å². The van der Waals surface area contributed by atoms with Crippen molar-refractivity contribution in [1.82, 2.24) is 9.80 Å². The van der Waals surface area contributed by atoms with Crippen LogP contribution >= 0.6 is 11.8 Å². The molecule has 0 N–H and O–H groups in total. The summed E-state index contributed by atoms with van der Waals surface area (Å²) >= 11 is 2.19. The number of hydrogen-bond donors (Lipinski definition) is 0. The second kappa shape index (κ2) is 6.36. The van der Waals surface area contributed by atoms with Crippen molar-refractivity contribution in [2.75, 3.05) is 25.4 Å². The standard InChI is InChI=1S/C16H30N2S/c1-3-19-16-8-7-14(10-16)18-12-15-6-4-5-9-17(15)11-13(18)2/h13-16H,3-12H2,1-2H3. The van der Waals surface area contributed by atoms with Gasteiger partial charge in [0.2, 0.25) is 0 Å². The van der Waals surface area contributed by atoms with E-state index in [1.54, 1.807) is 0 Å². The van der Waals surface area contributed by atoms with E-state index in [2.05, 4.69) is 35.4 Å². The van der Waals surface area contributed by atoms with Gasteiger partial charge in [-0.15, -0.1) is 0 Å². The quantitative estimate of drug-likeness (QED) is 0.785. The van der Waals surface area contributed by atoms with E-state index in [4.69, 9.17) is 0 Å². The van der Waals surface area contributed by atoms with Crippen molar-refractivity contribution in [3.8, 4) is 0 Å². The fourth-order valence-corrected chi connectivity index (χ4v) is 5.62. The van der Waals surface area contributed by atoms with Gasteiger partial charge in [0, 0.05) is 36.5 Å². The molecule has 3 aliphatic rings. The second-order valence-electron chi connectivity index (χ2n) is 6.73. The number of rotatable bonds is 3. The molecule has 0 spiro atoms. The lowest BCUT2D eigenvalue weighted by Crippen LogP contribution is -2.60. The van der Waals surface area contributed by atoms with Crippen molar-refractivity contribution >= 4 is 11.8 Å². The summed E-state index contributed by atoms with van der Waals surface area (Å²) in [5, 5.41) is 0.951. The summed E-state index contributed by atoms with van der Waals surface area (Å²) < 4.78 is 0. The van der Waals surface area contributed by atoms with Crippen LogP contribution in [0.15, 0.2) is 0 Å². The first kappa shape index (κ1) is 14.2. The molecule has 3 fully saturated rings. The first-order valence-electron chi connectivity index (χ1n) is 8.39. The van der Waals surface area contributed by atoms with Crippen molar-refractivity contribution in [3.63, 3.8) is 0 Å². The van der Waals surface area contributed by atoms with Crippen molar-refractivity contribution in [2.45, 2.75) is 75.7 Å². The smallest absolute Gasteiger partial charge is 0.0224 e. The molecule has 2 nitrogen and oxygen atoms in total. The number of hydrogen-bond acceptors (Lipinski definition) is 3. The zero-order chi connectivity index (χ0) is 13.2. The Labute approximate surface area is 123 Å². The maximum atomic E-state index is 2.88. The summed E-state index contributed by atoms with van der Waals surface area (Å²) in [6.45, 7) is 8.82. The third kappa shape index (κ3) is 3.14. The lowest BCUT2D eigenvalue weighted by Gasteiger charge is -2.49. The van der Waals surface area contributed by atoms with Gasteiger partial charge >= 0.3 is 0 Å². The Morgan fingerprint density at radius 2 is 1.95 bits per heavy atom. The van der Waals surface area contributed by atoms with Gasteiger partial charge < -0.3 is 0 Å². The Kier molecular flexibility index (Phi) is 4.76. The van der Waals surface area contributed by atoms with Crippen LogP contribution in [0.25, 0.3) is 0 Å². The van der Waals surface area contributed by atoms with E-state index in [1.807, 2.05) is 0 Å². The highest BCUT2D eigenvalue weighted by Crippen LogP contribution is 2.35. The highest BCUT2D eigenvalue weighted by Gasteiger charge is 2.38. The Bertz CT molecular complexity index is 296. The summed E-state index contributed by atoms with van der Waals surface area (Å²) in [6, 6.07) is 2.55. The van der Waals surface area contributed by atoms with Crippen molar-refractivity contribution < 1.29 is 0 Å². The van der Waals surface area contributed by atoms with E-state index >= 15 is 0 Å². The SMILES string of the molecule is CCSC1CCC(N2CC3CCCCN3CC2C)C1. The van der Waals surface area contributed by atoms with Crippen LogP contribution in [0.1, 0.15) is 52.4 Å². The summed E-state index contributed by atoms with van der Waals surface area (Å²) in [6.07, 6.45) is 8.71. The van der Waals surface area contributed by atoms with E-state index in [-0.39, 0.29) is 0 Å². The first-order valence-corrected chi connectivity index (χ1v) is 9.44. The molecule has 0 aromatic rings. The Morgan fingerprint density at radius 1 is 1.05 bits per heavy atom. The number of thioether (sulfide) groups is 1. The van der Waals surface area contributed by atoms with E-state index in [0.717, 1.165) is 23.4 Å². The maximum absolute atomic E-state index is 2.88. The average molecular weight is 282 g/mol. The van der Waals surface area contributed by atoms with Crippen LogP contribution in [-0.2, 0) is 0 Å². The molecule has 0 aromatic carbocycles. The zero-order valence-corrected chi connectivity index (χ0v) is 13.5. The van der Waals surface area contributed by atoms with Crippen LogP contribution in [-0.4, -0.2) is 58.6 Å². The van der Waals surface area contributed by atoms with E-state index < -0.39 is 0 Å². The fraction of sp³-hybridized carbons (Fsp3) is 1.00. The minimum Gasteiger partial charge on any atom is -0.298 e. The number of fused-ring (bicyclic) bond motifs is 1. The molecule has 0 radical (unpaired) electrons. The fourth-order valence-electron chi connectivity index (χ4n) is 4.49. The van der Waals surface area contributed by atoms with Crippen LogP contribution in [0.4, 0.5) is 0 Å². The second-order valence-corrected chi connectivity index (χ2v) is 8.31. The third-order valence-electron chi connectivity index (χ3n) is 5.46. The van der Waals surface area contributed by atoms with Gasteiger partial charge in [-0.2, -0.15) is 11.8 Å². The number of piperazine rings is 1.